The zero-order chi connectivity index (χ0) is 27.2. The van der Waals surface area contributed by atoms with Crippen molar-refractivity contribution in [2.45, 2.75) is 32.0 Å². The van der Waals surface area contributed by atoms with Crippen LogP contribution in [0.3, 0.4) is 0 Å². The van der Waals surface area contributed by atoms with Crippen LogP contribution in [0.2, 0.25) is 10.0 Å². The van der Waals surface area contributed by atoms with E-state index in [-0.39, 0.29) is 39.4 Å². The smallest absolute Gasteiger partial charge is 0.489 e. The van der Waals surface area contributed by atoms with Crippen LogP contribution >= 0.6 is 23.2 Å². The molecule has 1 heterocycles. The summed E-state index contributed by atoms with van der Waals surface area (Å²) in [5.41, 5.74) is 0.644. The minimum atomic E-state index is -3.06. The Balaban J connectivity index is 1.61. The van der Waals surface area contributed by atoms with Crippen molar-refractivity contribution in [3.05, 3.63) is 86.1 Å². The number of benzene rings is 2. The molecule has 2 aromatic carbocycles. The summed E-state index contributed by atoms with van der Waals surface area (Å²) in [4.78, 5) is 25.7. The van der Waals surface area contributed by atoms with Gasteiger partial charge < -0.3 is 18.9 Å². The molecule has 0 aliphatic heterocycles. The Morgan fingerprint density at radius 1 is 1.08 bits per heavy atom. The fourth-order valence-electron chi connectivity index (χ4n) is 3.48. The number of nitro groups is 1. The number of ether oxygens (including phenoxy) is 4. The van der Waals surface area contributed by atoms with E-state index < -0.39 is 23.8 Å². The normalized spacial score (nSPS) is 13.6. The van der Waals surface area contributed by atoms with Crippen LogP contribution in [0.25, 0.3) is 0 Å². The average Bonchev–Trinajstić information content (AvgIpc) is 3.69. The highest BCUT2D eigenvalue weighted by Crippen LogP contribution is 2.38. The number of carbonyl (C=O) groups is 1. The number of aromatic amines is 1. The number of pyridine rings is 1. The van der Waals surface area contributed by atoms with E-state index in [9.17, 15) is 23.7 Å². The van der Waals surface area contributed by atoms with Gasteiger partial charge in [-0.25, -0.2) is 9.78 Å². The monoisotopic (exact) mass is 569 g/mol. The first-order valence-electron chi connectivity index (χ1n) is 11.4. The molecule has 0 unspecified atom stereocenters. The van der Waals surface area contributed by atoms with Gasteiger partial charge in [-0.2, -0.15) is 8.78 Å². The fourth-order valence-corrected chi connectivity index (χ4v) is 4.01. The lowest BCUT2D eigenvalue weighted by Gasteiger charge is -2.21. The number of rotatable bonds is 11. The van der Waals surface area contributed by atoms with Crippen molar-refractivity contribution >= 4 is 35.0 Å². The largest absolute Gasteiger partial charge is 0.514 e. The van der Waals surface area contributed by atoms with E-state index in [1.807, 2.05) is 0 Å². The Labute approximate surface area is 225 Å². The van der Waals surface area contributed by atoms with Gasteiger partial charge in [-0.3, -0.25) is 10.1 Å². The maximum absolute atomic E-state index is 13.0. The third kappa shape index (κ3) is 7.42. The Hall–Kier alpha value is -3.70. The van der Waals surface area contributed by atoms with Gasteiger partial charge in [0, 0.05) is 24.1 Å². The summed E-state index contributed by atoms with van der Waals surface area (Å²) in [5.74, 6) is 0.242. The number of hydrogen-bond acceptors (Lipinski definition) is 7. The molecular weight excluding hydrogens is 549 g/mol. The summed E-state index contributed by atoms with van der Waals surface area (Å²) in [5, 5.41) is 11.4. The summed E-state index contributed by atoms with van der Waals surface area (Å²) in [6.07, 6.45) is 2.80. The van der Waals surface area contributed by atoms with E-state index in [4.69, 9.17) is 37.4 Å². The molecule has 3 aromatic rings. The van der Waals surface area contributed by atoms with Crippen molar-refractivity contribution in [2.24, 2.45) is 5.92 Å². The van der Waals surface area contributed by atoms with Crippen molar-refractivity contribution in [3.63, 3.8) is 0 Å². The van der Waals surface area contributed by atoms with Gasteiger partial charge in [0.25, 0.3) is 5.69 Å². The molecule has 0 spiro atoms. The molecule has 0 amide bonds. The molecule has 1 fully saturated rings. The first kappa shape index (κ1) is 27.3. The second kappa shape index (κ2) is 12.2. The molecule has 13 heteroatoms. The van der Waals surface area contributed by atoms with Crippen LogP contribution < -0.4 is 19.2 Å². The Morgan fingerprint density at radius 2 is 1.76 bits per heavy atom. The van der Waals surface area contributed by atoms with Gasteiger partial charge in [-0.05, 0) is 48.6 Å². The first-order chi connectivity index (χ1) is 18.2. The van der Waals surface area contributed by atoms with Crippen LogP contribution in [0.1, 0.15) is 30.1 Å². The minimum absolute atomic E-state index is 0.00117. The van der Waals surface area contributed by atoms with Gasteiger partial charge >= 0.3 is 12.8 Å². The maximum Gasteiger partial charge on any atom is 0.514 e. The number of alkyl halides is 2. The van der Waals surface area contributed by atoms with Crippen LogP contribution in [0.15, 0.2) is 54.9 Å². The van der Waals surface area contributed by atoms with Crippen LogP contribution in [-0.4, -0.2) is 24.3 Å². The van der Waals surface area contributed by atoms with E-state index in [2.05, 4.69) is 9.72 Å². The van der Waals surface area contributed by atoms with Gasteiger partial charge in [0.05, 0.1) is 11.5 Å². The molecule has 38 heavy (non-hydrogen) atoms. The number of nitrogens with one attached hydrogen (secondary N) is 1. The SMILES string of the molecule is O=C(Oc1ccc([N+](=O)[O-])cc1)O[C@@H](Cc1c(Cl)c[nH+]cc1Cl)c1ccc(OC(F)F)c(OCC2CC2)c1. The highest BCUT2D eigenvalue weighted by atomic mass is 35.5. The summed E-state index contributed by atoms with van der Waals surface area (Å²) in [7, 11) is 0. The number of nitro benzene ring substituents is 1. The molecule has 9 nitrogen and oxygen atoms in total. The van der Waals surface area contributed by atoms with Gasteiger partial charge in [0.1, 0.15) is 21.9 Å². The van der Waals surface area contributed by atoms with E-state index in [1.165, 1.54) is 54.9 Å². The highest BCUT2D eigenvalue weighted by Gasteiger charge is 2.26. The number of halogens is 4. The molecule has 1 atom stereocenters. The molecule has 1 saturated carbocycles. The van der Waals surface area contributed by atoms with Crippen molar-refractivity contribution in [1.29, 1.82) is 0 Å². The van der Waals surface area contributed by atoms with E-state index in [0.29, 0.717) is 23.7 Å². The lowest BCUT2D eigenvalue weighted by atomic mass is 10.0. The molecule has 0 saturated heterocycles. The maximum atomic E-state index is 13.0. The van der Waals surface area contributed by atoms with Crippen molar-refractivity contribution < 1.29 is 42.4 Å². The van der Waals surface area contributed by atoms with Gasteiger partial charge in [-0.1, -0.05) is 29.3 Å². The zero-order valence-electron chi connectivity index (χ0n) is 19.6. The third-order valence-electron chi connectivity index (χ3n) is 5.60. The molecule has 0 radical (unpaired) electrons. The van der Waals surface area contributed by atoms with E-state index in [1.54, 1.807) is 0 Å². The lowest BCUT2D eigenvalue weighted by molar-refractivity contribution is -0.384. The summed E-state index contributed by atoms with van der Waals surface area (Å²) in [6.45, 7) is -2.74. The predicted octanol–water partition coefficient (Wildman–Crippen LogP) is 6.61. The van der Waals surface area contributed by atoms with Crippen molar-refractivity contribution in [3.8, 4) is 17.2 Å². The number of carbonyl (C=O) groups excluding carboxylic acids is 1. The Bertz CT molecular complexity index is 1290. The van der Waals surface area contributed by atoms with Gasteiger partial charge in [0.15, 0.2) is 23.9 Å². The molecule has 1 aliphatic rings. The second-order valence-electron chi connectivity index (χ2n) is 8.38. The topological polar surface area (TPSA) is 111 Å². The fraction of sp³-hybridized carbons (Fsp3) is 0.280. The minimum Gasteiger partial charge on any atom is -0.489 e. The average molecular weight is 570 g/mol. The number of hydrogen-bond donors (Lipinski definition) is 0. The number of nitrogens with zero attached hydrogens (tertiary/aromatic N) is 1. The van der Waals surface area contributed by atoms with Crippen LogP contribution in [0, 0.1) is 16.0 Å². The predicted molar refractivity (Wildman–Crippen MR) is 131 cm³/mol. The quantitative estimate of drug-likeness (QED) is 0.110. The molecule has 1 aliphatic carbocycles. The molecule has 1 N–H and O–H groups in total. The Morgan fingerprint density at radius 3 is 2.37 bits per heavy atom. The number of non-ortho nitro benzene ring substituents is 1. The van der Waals surface area contributed by atoms with Crippen molar-refractivity contribution in [1.82, 2.24) is 0 Å². The van der Waals surface area contributed by atoms with Crippen molar-refractivity contribution in [2.75, 3.05) is 6.61 Å². The molecule has 4 rings (SSSR count). The van der Waals surface area contributed by atoms with Gasteiger partial charge in [-0.15, -0.1) is 0 Å². The van der Waals surface area contributed by atoms with Crippen LogP contribution in [0.4, 0.5) is 19.3 Å². The van der Waals surface area contributed by atoms with Gasteiger partial charge in [0.2, 0.25) is 0 Å². The van der Waals surface area contributed by atoms with Crippen LogP contribution in [-0.2, 0) is 11.2 Å². The summed E-state index contributed by atoms with van der Waals surface area (Å²) < 4.78 is 47.0. The third-order valence-corrected chi connectivity index (χ3v) is 6.27. The first-order valence-corrected chi connectivity index (χ1v) is 12.1. The van der Waals surface area contributed by atoms with E-state index in [0.717, 1.165) is 12.8 Å². The second-order valence-corrected chi connectivity index (χ2v) is 9.20. The molecule has 1 aromatic heterocycles. The highest BCUT2D eigenvalue weighted by molar-refractivity contribution is 6.35. The zero-order valence-corrected chi connectivity index (χ0v) is 21.1. The number of aromatic nitrogens is 1. The summed E-state index contributed by atoms with van der Waals surface area (Å²) >= 11 is 12.6. The lowest BCUT2D eigenvalue weighted by Crippen LogP contribution is -2.18. The molecule has 200 valence electrons. The standard InChI is InChI=1S/C25H20Cl2F2N2O7/c26-19-11-30-12-20(27)18(19)10-22(38-25(32)36-17-6-4-16(5-7-17)31(33)34)15-3-8-21(37-24(28)29)23(9-15)35-13-14-1-2-14/h3-9,11-12,14,22,24H,1-2,10,13H2/p+1/t22-/m0/s1. The van der Waals surface area contributed by atoms with Crippen LogP contribution in [0.5, 0.6) is 17.2 Å². The summed E-state index contributed by atoms with van der Waals surface area (Å²) in [6, 6.07) is 9.02. The molecule has 0 bridgehead atoms. The Kier molecular flexibility index (Phi) is 8.80. The van der Waals surface area contributed by atoms with E-state index >= 15 is 0 Å². The number of H-pyrrole nitrogens is 1. The molecular formula is C25H21Cl2F2N2O7+.